The molecule has 3 rings (SSSR count). The first kappa shape index (κ1) is 16.5. The number of nitrogens with one attached hydrogen (secondary N) is 3. The minimum Gasteiger partial charge on any atom is -0.350 e. The van der Waals surface area contributed by atoms with Gasteiger partial charge in [-0.3, -0.25) is 14.9 Å². The predicted molar refractivity (Wildman–Crippen MR) is 89.3 cm³/mol. The molecule has 3 N–H and O–H groups in total. The maximum Gasteiger partial charge on any atom is 0.322 e. The number of rotatable bonds is 5. The van der Waals surface area contributed by atoms with Gasteiger partial charge in [0.25, 0.3) is 5.91 Å². The van der Waals surface area contributed by atoms with Gasteiger partial charge >= 0.3 is 6.03 Å². The third-order valence-electron chi connectivity index (χ3n) is 4.77. The maximum atomic E-state index is 12.1. The molecule has 1 aromatic rings. The van der Waals surface area contributed by atoms with Gasteiger partial charge in [0.2, 0.25) is 5.91 Å². The van der Waals surface area contributed by atoms with Gasteiger partial charge in [0.1, 0.15) is 6.04 Å². The fraction of sp³-hybridized carbons (Fsp3) is 0.500. The van der Waals surface area contributed by atoms with Crippen LogP contribution in [0.1, 0.15) is 55.3 Å². The number of carbonyl (C=O) groups excluding carboxylic acids is 3. The van der Waals surface area contributed by atoms with E-state index < -0.39 is 12.1 Å². The highest BCUT2D eigenvalue weighted by molar-refractivity contribution is 6.04. The molecule has 4 amide bonds. The summed E-state index contributed by atoms with van der Waals surface area (Å²) in [5.74, 6) is -0.482. The van der Waals surface area contributed by atoms with Gasteiger partial charge in [-0.15, -0.1) is 0 Å². The molecule has 1 aliphatic heterocycles. The Morgan fingerprint density at radius 3 is 2.71 bits per heavy atom. The van der Waals surface area contributed by atoms with Gasteiger partial charge in [-0.05, 0) is 55.7 Å². The van der Waals surface area contributed by atoms with Gasteiger partial charge < -0.3 is 10.6 Å². The molecule has 1 fully saturated rings. The summed E-state index contributed by atoms with van der Waals surface area (Å²) in [5, 5.41) is 7.63. The Bertz CT molecular complexity index is 671. The van der Waals surface area contributed by atoms with Crippen LogP contribution in [0.3, 0.4) is 0 Å². The highest BCUT2D eigenvalue weighted by Crippen LogP contribution is 2.24. The fourth-order valence-electron chi connectivity index (χ4n) is 3.36. The molecule has 6 heteroatoms. The lowest BCUT2D eigenvalue weighted by molar-refractivity contribution is -0.122. The zero-order chi connectivity index (χ0) is 17.1. The average Bonchev–Trinajstić information content (AvgIpc) is 2.90. The molecule has 0 saturated carbocycles. The lowest BCUT2D eigenvalue weighted by atomic mass is 9.89. The lowest BCUT2D eigenvalue weighted by Crippen LogP contribution is -2.32. The SMILES string of the molecule is C[C@H](NC(=O)CC[C@H]1NC(=O)NC1=O)c1ccc2c(c1)CCCC2. The molecule has 0 bridgehead atoms. The van der Waals surface area contributed by atoms with Crippen molar-refractivity contribution >= 4 is 17.8 Å². The van der Waals surface area contributed by atoms with Crippen LogP contribution < -0.4 is 16.0 Å². The van der Waals surface area contributed by atoms with E-state index in [1.54, 1.807) is 0 Å². The molecule has 0 spiro atoms. The molecule has 1 aromatic carbocycles. The van der Waals surface area contributed by atoms with Gasteiger partial charge in [0, 0.05) is 6.42 Å². The van der Waals surface area contributed by atoms with Crippen molar-refractivity contribution in [3.8, 4) is 0 Å². The Kier molecular flexibility index (Phi) is 4.83. The first-order valence-corrected chi connectivity index (χ1v) is 8.55. The Morgan fingerprint density at radius 1 is 1.25 bits per heavy atom. The summed E-state index contributed by atoms with van der Waals surface area (Å²) < 4.78 is 0. The zero-order valence-electron chi connectivity index (χ0n) is 13.9. The predicted octanol–water partition coefficient (Wildman–Crippen LogP) is 1.73. The van der Waals surface area contributed by atoms with Gasteiger partial charge in [0.05, 0.1) is 6.04 Å². The van der Waals surface area contributed by atoms with Crippen molar-refractivity contribution in [1.29, 1.82) is 0 Å². The van der Waals surface area contributed by atoms with Crippen molar-refractivity contribution in [3.05, 3.63) is 34.9 Å². The average molecular weight is 329 g/mol. The van der Waals surface area contributed by atoms with Crippen LogP contribution in [0.2, 0.25) is 0 Å². The van der Waals surface area contributed by atoms with E-state index in [1.165, 1.54) is 24.0 Å². The van der Waals surface area contributed by atoms with Gasteiger partial charge in [-0.1, -0.05) is 18.2 Å². The number of hydrogen-bond acceptors (Lipinski definition) is 3. The Labute approximate surface area is 141 Å². The van der Waals surface area contributed by atoms with Crippen molar-refractivity contribution in [2.24, 2.45) is 0 Å². The topological polar surface area (TPSA) is 87.3 Å². The van der Waals surface area contributed by atoms with Gasteiger partial charge in [0.15, 0.2) is 0 Å². The summed E-state index contributed by atoms with van der Waals surface area (Å²) in [6.45, 7) is 1.96. The van der Waals surface area contributed by atoms with E-state index >= 15 is 0 Å². The maximum absolute atomic E-state index is 12.1. The summed E-state index contributed by atoms with van der Waals surface area (Å²) in [7, 11) is 0. The Hall–Kier alpha value is -2.37. The first-order chi connectivity index (χ1) is 11.5. The Morgan fingerprint density at radius 2 is 2.00 bits per heavy atom. The Balaban J connectivity index is 1.52. The van der Waals surface area contributed by atoms with Crippen LogP contribution in [0, 0.1) is 0 Å². The van der Waals surface area contributed by atoms with Crippen molar-refractivity contribution in [3.63, 3.8) is 0 Å². The van der Waals surface area contributed by atoms with Gasteiger partial charge in [-0.25, -0.2) is 4.79 Å². The second-order valence-corrected chi connectivity index (χ2v) is 6.58. The van der Waals surface area contributed by atoms with Crippen LogP contribution in [-0.2, 0) is 22.4 Å². The molecule has 2 aliphatic rings. The standard InChI is InChI=1S/C18H23N3O3/c1-11(13-7-6-12-4-2-3-5-14(12)10-13)19-16(22)9-8-15-17(23)21-18(24)20-15/h6-7,10-11,15H,2-5,8-9H2,1H3,(H,19,22)(H2,20,21,23,24)/t11-,15+/m0/s1. The summed E-state index contributed by atoms with van der Waals surface area (Å²) in [5.41, 5.74) is 3.92. The van der Waals surface area contributed by atoms with E-state index in [9.17, 15) is 14.4 Å². The largest absolute Gasteiger partial charge is 0.350 e. The van der Waals surface area contributed by atoms with Crippen LogP contribution in [0.15, 0.2) is 18.2 Å². The van der Waals surface area contributed by atoms with E-state index in [4.69, 9.17) is 0 Å². The number of aryl methyl sites for hydroxylation is 2. The monoisotopic (exact) mass is 329 g/mol. The lowest BCUT2D eigenvalue weighted by Gasteiger charge is -2.20. The quantitative estimate of drug-likeness (QED) is 0.719. The molecule has 1 saturated heterocycles. The summed E-state index contributed by atoms with van der Waals surface area (Å²) in [4.78, 5) is 34.6. The van der Waals surface area contributed by atoms with E-state index in [0.717, 1.165) is 18.4 Å². The number of carbonyl (C=O) groups is 3. The van der Waals surface area contributed by atoms with E-state index in [2.05, 4.69) is 34.1 Å². The molecule has 128 valence electrons. The normalized spacial score (nSPS) is 20.8. The molecule has 2 atom stereocenters. The molecule has 6 nitrogen and oxygen atoms in total. The highest BCUT2D eigenvalue weighted by atomic mass is 16.2. The van der Waals surface area contributed by atoms with Crippen molar-refractivity contribution in [2.75, 3.05) is 0 Å². The van der Waals surface area contributed by atoms with Crippen molar-refractivity contribution < 1.29 is 14.4 Å². The van der Waals surface area contributed by atoms with E-state index in [1.807, 2.05) is 6.92 Å². The van der Waals surface area contributed by atoms with Crippen LogP contribution in [0.4, 0.5) is 4.79 Å². The molecule has 0 radical (unpaired) electrons. The second-order valence-electron chi connectivity index (χ2n) is 6.58. The molecule has 1 aliphatic carbocycles. The van der Waals surface area contributed by atoms with Crippen LogP contribution in [0.25, 0.3) is 0 Å². The molecular formula is C18H23N3O3. The second kappa shape index (κ2) is 7.03. The molecular weight excluding hydrogens is 306 g/mol. The summed E-state index contributed by atoms with van der Waals surface area (Å²) >= 11 is 0. The smallest absolute Gasteiger partial charge is 0.322 e. The van der Waals surface area contributed by atoms with Crippen LogP contribution in [0.5, 0.6) is 0 Å². The van der Waals surface area contributed by atoms with Gasteiger partial charge in [-0.2, -0.15) is 0 Å². The minimum atomic E-state index is -0.609. The van der Waals surface area contributed by atoms with Crippen molar-refractivity contribution in [1.82, 2.24) is 16.0 Å². The summed E-state index contributed by atoms with van der Waals surface area (Å²) in [6, 6.07) is 5.28. The first-order valence-electron chi connectivity index (χ1n) is 8.55. The van der Waals surface area contributed by atoms with Crippen LogP contribution >= 0.6 is 0 Å². The number of hydrogen-bond donors (Lipinski definition) is 3. The summed E-state index contributed by atoms with van der Waals surface area (Å²) in [6.07, 6.45) is 5.25. The number of fused-ring (bicyclic) bond motifs is 1. The number of urea groups is 1. The fourth-order valence-corrected chi connectivity index (χ4v) is 3.36. The van der Waals surface area contributed by atoms with Crippen molar-refractivity contribution in [2.45, 2.75) is 57.5 Å². The number of imide groups is 1. The van der Waals surface area contributed by atoms with E-state index in [0.29, 0.717) is 6.42 Å². The number of amides is 4. The highest BCUT2D eigenvalue weighted by Gasteiger charge is 2.29. The third-order valence-corrected chi connectivity index (χ3v) is 4.77. The zero-order valence-corrected chi connectivity index (χ0v) is 13.9. The number of benzene rings is 1. The molecule has 24 heavy (non-hydrogen) atoms. The van der Waals surface area contributed by atoms with Crippen LogP contribution in [-0.4, -0.2) is 23.9 Å². The molecule has 0 aromatic heterocycles. The minimum absolute atomic E-state index is 0.0725. The van der Waals surface area contributed by atoms with E-state index in [-0.39, 0.29) is 24.3 Å². The molecule has 1 heterocycles. The third kappa shape index (κ3) is 3.75. The molecule has 0 unspecified atom stereocenters.